The molecule has 142 valence electrons. The fraction of sp³-hybridized carbons (Fsp3) is 0.190. The summed E-state index contributed by atoms with van der Waals surface area (Å²) in [6, 6.07) is 15.0. The van der Waals surface area contributed by atoms with Crippen molar-refractivity contribution in [1.82, 2.24) is 14.9 Å². The Kier molecular flexibility index (Phi) is 4.97. The molecule has 0 N–H and O–H groups in total. The quantitative estimate of drug-likeness (QED) is 0.699. The van der Waals surface area contributed by atoms with E-state index in [1.54, 1.807) is 4.90 Å². The molecule has 0 spiro atoms. The van der Waals surface area contributed by atoms with Gasteiger partial charge in [-0.1, -0.05) is 30.3 Å². The van der Waals surface area contributed by atoms with Crippen LogP contribution in [0.2, 0.25) is 0 Å². The van der Waals surface area contributed by atoms with Crippen molar-refractivity contribution in [2.24, 2.45) is 0 Å². The molecule has 3 aromatic rings. The fourth-order valence-electron chi connectivity index (χ4n) is 3.24. The van der Waals surface area contributed by atoms with Gasteiger partial charge in [0.15, 0.2) is 11.6 Å². The Morgan fingerprint density at radius 1 is 0.857 bits per heavy atom. The van der Waals surface area contributed by atoms with Crippen molar-refractivity contribution in [3.05, 3.63) is 78.1 Å². The van der Waals surface area contributed by atoms with Crippen molar-refractivity contribution < 1.29 is 13.6 Å². The number of carbonyl (C=O) groups excluding carboxylic acids is 1. The molecular weight excluding hydrogens is 362 g/mol. The Bertz CT molecular complexity index is 989. The van der Waals surface area contributed by atoms with Crippen molar-refractivity contribution in [1.29, 1.82) is 0 Å². The van der Waals surface area contributed by atoms with Crippen LogP contribution in [0.25, 0.3) is 11.3 Å². The molecule has 0 atom stereocenters. The summed E-state index contributed by atoms with van der Waals surface area (Å²) in [6.07, 6.45) is 1.54. The Balaban J connectivity index is 1.44. The summed E-state index contributed by atoms with van der Waals surface area (Å²) in [4.78, 5) is 25.0. The first-order chi connectivity index (χ1) is 13.6. The highest BCUT2D eigenvalue weighted by molar-refractivity contribution is 5.94. The predicted octanol–water partition coefficient (Wildman–Crippen LogP) is 3.38. The molecule has 1 aliphatic heterocycles. The van der Waals surface area contributed by atoms with Gasteiger partial charge in [0.1, 0.15) is 12.1 Å². The molecule has 2 aromatic carbocycles. The third-order valence-electron chi connectivity index (χ3n) is 4.78. The average Bonchev–Trinajstić information content (AvgIpc) is 2.76. The maximum atomic E-state index is 13.4. The van der Waals surface area contributed by atoms with Crippen LogP contribution in [0.15, 0.2) is 60.9 Å². The highest BCUT2D eigenvalue weighted by Gasteiger charge is 2.23. The molecule has 5 nitrogen and oxygen atoms in total. The van der Waals surface area contributed by atoms with E-state index in [-0.39, 0.29) is 11.5 Å². The number of piperazine rings is 1. The van der Waals surface area contributed by atoms with Gasteiger partial charge in [-0.15, -0.1) is 0 Å². The van der Waals surface area contributed by atoms with E-state index in [0.717, 1.165) is 29.2 Å². The molecule has 4 rings (SSSR count). The lowest BCUT2D eigenvalue weighted by atomic mass is 10.1. The molecule has 0 aliphatic carbocycles. The van der Waals surface area contributed by atoms with Gasteiger partial charge in [-0.3, -0.25) is 4.79 Å². The Hall–Kier alpha value is -3.35. The zero-order chi connectivity index (χ0) is 19.5. The first kappa shape index (κ1) is 18.0. The largest absolute Gasteiger partial charge is 0.353 e. The third kappa shape index (κ3) is 3.69. The van der Waals surface area contributed by atoms with Gasteiger partial charge in [0.2, 0.25) is 0 Å². The number of nitrogens with zero attached hydrogens (tertiary/aromatic N) is 4. The molecule has 0 saturated carbocycles. The first-order valence-corrected chi connectivity index (χ1v) is 8.98. The van der Waals surface area contributed by atoms with Crippen LogP contribution in [0.4, 0.5) is 14.6 Å². The monoisotopic (exact) mass is 380 g/mol. The van der Waals surface area contributed by atoms with E-state index < -0.39 is 11.6 Å². The molecule has 1 aromatic heterocycles. The highest BCUT2D eigenvalue weighted by atomic mass is 19.2. The molecule has 0 unspecified atom stereocenters. The fourth-order valence-corrected chi connectivity index (χ4v) is 3.24. The first-order valence-electron chi connectivity index (χ1n) is 8.98. The molecule has 0 bridgehead atoms. The topological polar surface area (TPSA) is 49.3 Å². The number of carbonyl (C=O) groups is 1. The second kappa shape index (κ2) is 7.72. The van der Waals surface area contributed by atoms with Crippen LogP contribution in [0, 0.1) is 11.6 Å². The molecular formula is C21H18F2N4O. The maximum Gasteiger partial charge on any atom is 0.254 e. The lowest BCUT2D eigenvalue weighted by Crippen LogP contribution is -2.49. The van der Waals surface area contributed by atoms with E-state index in [1.165, 1.54) is 12.4 Å². The lowest BCUT2D eigenvalue weighted by Gasteiger charge is -2.35. The standard InChI is InChI=1S/C21H18F2N4O/c22-17-7-6-16(12-18(17)23)21(28)27-10-8-26(9-11-27)20-13-19(24-14-25-20)15-4-2-1-3-5-15/h1-7,12-14H,8-11H2. The predicted molar refractivity (Wildman–Crippen MR) is 102 cm³/mol. The smallest absolute Gasteiger partial charge is 0.254 e. The average molecular weight is 380 g/mol. The van der Waals surface area contributed by atoms with Gasteiger partial charge in [-0.25, -0.2) is 18.7 Å². The number of halogens is 2. The number of hydrogen-bond donors (Lipinski definition) is 0. The van der Waals surface area contributed by atoms with Crippen molar-refractivity contribution >= 4 is 11.7 Å². The zero-order valence-electron chi connectivity index (χ0n) is 15.1. The van der Waals surface area contributed by atoms with Crippen LogP contribution in [0.3, 0.4) is 0 Å². The number of amides is 1. The van der Waals surface area contributed by atoms with Gasteiger partial charge < -0.3 is 9.80 Å². The Morgan fingerprint density at radius 3 is 2.32 bits per heavy atom. The van der Waals surface area contributed by atoms with Crippen LogP contribution in [0.1, 0.15) is 10.4 Å². The zero-order valence-corrected chi connectivity index (χ0v) is 15.1. The summed E-state index contributed by atoms with van der Waals surface area (Å²) in [7, 11) is 0. The molecule has 1 saturated heterocycles. The molecule has 1 amide bonds. The van der Waals surface area contributed by atoms with Gasteiger partial charge >= 0.3 is 0 Å². The van der Waals surface area contributed by atoms with E-state index in [4.69, 9.17) is 0 Å². The SMILES string of the molecule is O=C(c1ccc(F)c(F)c1)N1CCN(c2cc(-c3ccccc3)ncn2)CC1. The second-order valence-corrected chi connectivity index (χ2v) is 6.54. The van der Waals surface area contributed by atoms with Gasteiger partial charge in [-0.05, 0) is 18.2 Å². The van der Waals surface area contributed by atoms with Crippen LogP contribution in [-0.2, 0) is 0 Å². The molecule has 7 heteroatoms. The minimum absolute atomic E-state index is 0.153. The number of benzene rings is 2. The number of rotatable bonds is 3. The summed E-state index contributed by atoms with van der Waals surface area (Å²) in [5.41, 5.74) is 2.00. The lowest BCUT2D eigenvalue weighted by molar-refractivity contribution is 0.0746. The van der Waals surface area contributed by atoms with E-state index in [9.17, 15) is 13.6 Å². The Morgan fingerprint density at radius 2 is 1.61 bits per heavy atom. The van der Waals surface area contributed by atoms with Crippen LogP contribution in [-0.4, -0.2) is 47.0 Å². The summed E-state index contributed by atoms with van der Waals surface area (Å²) in [5.74, 6) is -1.47. The van der Waals surface area contributed by atoms with E-state index >= 15 is 0 Å². The van der Waals surface area contributed by atoms with E-state index in [1.807, 2.05) is 36.4 Å². The van der Waals surface area contributed by atoms with Crippen LogP contribution >= 0.6 is 0 Å². The molecule has 28 heavy (non-hydrogen) atoms. The van der Waals surface area contributed by atoms with Crippen molar-refractivity contribution in [3.63, 3.8) is 0 Å². The molecule has 2 heterocycles. The number of anilines is 1. The summed E-state index contributed by atoms with van der Waals surface area (Å²) >= 11 is 0. The number of hydrogen-bond acceptors (Lipinski definition) is 4. The molecule has 0 radical (unpaired) electrons. The summed E-state index contributed by atoms with van der Waals surface area (Å²) < 4.78 is 26.5. The van der Waals surface area contributed by atoms with Crippen LogP contribution < -0.4 is 4.90 Å². The van der Waals surface area contributed by atoms with Gasteiger partial charge in [0.25, 0.3) is 5.91 Å². The van der Waals surface area contributed by atoms with Gasteiger partial charge in [0.05, 0.1) is 5.69 Å². The van der Waals surface area contributed by atoms with Crippen LogP contribution in [0.5, 0.6) is 0 Å². The van der Waals surface area contributed by atoms with Crippen molar-refractivity contribution in [3.8, 4) is 11.3 Å². The summed E-state index contributed by atoms with van der Waals surface area (Å²) in [5, 5.41) is 0. The van der Waals surface area contributed by atoms with E-state index in [0.29, 0.717) is 26.2 Å². The summed E-state index contributed by atoms with van der Waals surface area (Å²) in [6.45, 7) is 2.15. The van der Waals surface area contributed by atoms with E-state index in [2.05, 4.69) is 14.9 Å². The highest BCUT2D eigenvalue weighted by Crippen LogP contribution is 2.22. The minimum Gasteiger partial charge on any atom is -0.353 e. The van der Waals surface area contributed by atoms with Gasteiger partial charge in [0, 0.05) is 43.4 Å². The normalized spacial score (nSPS) is 14.2. The van der Waals surface area contributed by atoms with Crippen molar-refractivity contribution in [2.45, 2.75) is 0 Å². The second-order valence-electron chi connectivity index (χ2n) is 6.54. The van der Waals surface area contributed by atoms with Crippen molar-refractivity contribution in [2.75, 3.05) is 31.1 Å². The third-order valence-corrected chi connectivity index (χ3v) is 4.78. The minimum atomic E-state index is -1.01. The molecule has 1 fully saturated rings. The number of aromatic nitrogens is 2. The maximum absolute atomic E-state index is 13.4. The van der Waals surface area contributed by atoms with Gasteiger partial charge in [-0.2, -0.15) is 0 Å². The Labute approximate surface area is 161 Å². The molecule has 1 aliphatic rings.